The Bertz CT molecular complexity index is 596. The molecular formula is C18H24N2O. The first kappa shape index (κ1) is 14.2. The van der Waals surface area contributed by atoms with Crippen LogP contribution in [-0.2, 0) is 6.42 Å². The molecule has 2 aliphatic rings. The normalized spacial score (nSPS) is 18.0. The fraction of sp³-hybridized carbons (Fsp3) is 0.500. The van der Waals surface area contributed by atoms with Crippen molar-refractivity contribution in [3.05, 3.63) is 41.0 Å². The Morgan fingerprint density at radius 1 is 1.24 bits per heavy atom. The van der Waals surface area contributed by atoms with Crippen LogP contribution < -0.4 is 5.32 Å². The number of hydrogen-bond acceptors (Lipinski definition) is 2. The second kappa shape index (κ2) is 5.21. The number of amides is 1. The van der Waals surface area contributed by atoms with Crippen molar-refractivity contribution in [2.75, 3.05) is 25.0 Å². The van der Waals surface area contributed by atoms with Gasteiger partial charge in [0, 0.05) is 30.9 Å². The van der Waals surface area contributed by atoms with Crippen LogP contribution in [0.2, 0.25) is 0 Å². The lowest BCUT2D eigenvalue weighted by Gasteiger charge is -2.32. The summed E-state index contributed by atoms with van der Waals surface area (Å²) < 4.78 is 0. The van der Waals surface area contributed by atoms with Gasteiger partial charge in [0.2, 0.25) is 0 Å². The van der Waals surface area contributed by atoms with Crippen LogP contribution in [0.5, 0.6) is 0 Å². The number of hydrogen-bond donors (Lipinski definition) is 1. The van der Waals surface area contributed by atoms with Crippen molar-refractivity contribution in [1.82, 2.24) is 4.90 Å². The van der Waals surface area contributed by atoms with Crippen molar-refractivity contribution < 1.29 is 4.79 Å². The minimum atomic E-state index is 0.149. The van der Waals surface area contributed by atoms with Crippen molar-refractivity contribution in [3.8, 4) is 0 Å². The molecule has 3 heteroatoms. The molecule has 3 rings (SSSR count). The highest BCUT2D eigenvalue weighted by atomic mass is 16.2. The van der Waals surface area contributed by atoms with Crippen LogP contribution in [0, 0.1) is 5.41 Å². The lowest BCUT2D eigenvalue weighted by Crippen LogP contribution is -2.36. The van der Waals surface area contributed by atoms with Crippen LogP contribution in [0.25, 0.3) is 0 Å². The summed E-state index contributed by atoms with van der Waals surface area (Å²) in [4.78, 5) is 14.6. The van der Waals surface area contributed by atoms with Gasteiger partial charge in [0.05, 0.1) is 0 Å². The van der Waals surface area contributed by atoms with Gasteiger partial charge in [-0.15, -0.1) is 0 Å². The topological polar surface area (TPSA) is 32.3 Å². The highest BCUT2D eigenvalue weighted by Crippen LogP contribution is 2.31. The fourth-order valence-electron chi connectivity index (χ4n) is 3.14. The van der Waals surface area contributed by atoms with E-state index in [1.54, 1.807) is 0 Å². The van der Waals surface area contributed by atoms with Gasteiger partial charge in [-0.1, -0.05) is 38.5 Å². The van der Waals surface area contributed by atoms with Crippen LogP contribution in [-0.4, -0.2) is 30.4 Å². The largest absolute Gasteiger partial charge is 0.384 e. The van der Waals surface area contributed by atoms with Gasteiger partial charge in [-0.3, -0.25) is 4.79 Å². The Kier molecular flexibility index (Phi) is 3.52. The van der Waals surface area contributed by atoms with Crippen LogP contribution in [0.3, 0.4) is 0 Å². The van der Waals surface area contributed by atoms with E-state index in [1.807, 2.05) is 17.0 Å². The lowest BCUT2D eigenvalue weighted by molar-refractivity contribution is 0.0765. The van der Waals surface area contributed by atoms with Gasteiger partial charge < -0.3 is 10.2 Å². The molecule has 0 aromatic heterocycles. The number of rotatable bonds is 1. The molecular weight excluding hydrogens is 260 g/mol. The third-order valence-corrected chi connectivity index (χ3v) is 4.53. The summed E-state index contributed by atoms with van der Waals surface area (Å²) in [5.41, 5.74) is 4.92. The molecule has 0 fully saturated rings. The molecule has 0 aliphatic carbocycles. The number of fused-ring (bicyclic) bond motifs is 1. The summed E-state index contributed by atoms with van der Waals surface area (Å²) in [6.45, 7) is 9.25. The fourth-order valence-corrected chi connectivity index (χ4v) is 3.14. The van der Waals surface area contributed by atoms with Crippen molar-refractivity contribution in [1.29, 1.82) is 0 Å². The first-order chi connectivity index (χ1) is 9.95. The monoisotopic (exact) mass is 284 g/mol. The van der Waals surface area contributed by atoms with Crippen molar-refractivity contribution in [2.24, 2.45) is 5.41 Å². The predicted molar refractivity (Wildman–Crippen MR) is 86.7 cm³/mol. The van der Waals surface area contributed by atoms with Crippen molar-refractivity contribution in [3.63, 3.8) is 0 Å². The summed E-state index contributed by atoms with van der Waals surface area (Å²) >= 11 is 0. The van der Waals surface area contributed by atoms with Crippen molar-refractivity contribution >= 4 is 11.6 Å². The highest BCUT2D eigenvalue weighted by Gasteiger charge is 2.24. The van der Waals surface area contributed by atoms with E-state index < -0.39 is 0 Å². The van der Waals surface area contributed by atoms with Gasteiger partial charge in [-0.2, -0.15) is 0 Å². The van der Waals surface area contributed by atoms with Gasteiger partial charge in [-0.25, -0.2) is 0 Å². The molecule has 1 aromatic rings. The lowest BCUT2D eigenvalue weighted by atomic mass is 9.83. The molecule has 2 aliphatic heterocycles. The van der Waals surface area contributed by atoms with Crippen LogP contribution in [0.15, 0.2) is 29.8 Å². The zero-order chi connectivity index (χ0) is 15.0. The Labute approximate surface area is 127 Å². The molecule has 0 atom stereocenters. The maximum atomic E-state index is 12.6. The zero-order valence-corrected chi connectivity index (χ0v) is 13.2. The van der Waals surface area contributed by atoms with Crippen LogP contribution in [0.1, 0.15) is 43.1 Å². The molecule has 1 N–H and O–H groups in total. The SMILES string of the molecule is CC(C)(C)C1=CCN(C(=O)c2ccc3c(c2)NCC3)CC1. The Balaban J connectivity index is 1.74. The number of anilines is 1. The highest BCUT2D eigenvalue weighted by molar-refractivity contribution is 5.95. The maximum absolute atomic E-state index is 12.6. The van der Waals surface area contributed by atoms with Crippen LogP contribution >= 0.6 is 0 Å². The second-order valence-electron chi connectivity index (χ2n) is 7.03. The third kappa shape index (κ3) is 2.82. The molecule has 0 unspecified atom stereocenters. The van der Waals surface area contributed by atoms with Gasteiger partial charge in [0.1, 0.15) is 0 Å². The second-order valence-corrected chi connectivity index (χ2v) is 7.03. The number of nitrogens with zero attached hydrogens (tertiary/aromatic N) is 1. The van der Waals surface area contributed by atoms with E-state index in [0.29, 0.717) is 0 Å². The first-order valence-corrected chi connectivity index (χ1v) is 7.81. The molecule has 3 nitrogen and oxygen atoms in total. The molecule has 0 radical (unpaired) electrons. The number of carbonyl (C=O) groups is 1. The molecule has 0 saturated heterocycles. The van der Waals surface area contributed by atoms with E-state index in [4.69, 9.17) is 0 Å². The Morgan fingerprint density at radius 3 is 2.71 bits per heavy atom. The van der Waals surface area contributed by atoms with E-state index in [-0.39, 0.29) is 11.3 Å². The predicted octanol–water partition coefficient (Wildman–Crippen LogP) is 3.47. The molecule has 2 heterocycles. The summed E-state index contributed by atoms with van der Waals surface area (Å²) in [7, 11) is 0. The average molecular weight is 284 g/mol. The van der Waals surface area contributed by atoms with E-state index >= 15 is 0 Å². The molecule has 21 heavy (non-hydrogen) atoms. The average Bonchev–Trinajstić information content (AvgIpc) is 2.93. The maximum Gasteiger partial charge on any atom is 0.254 e. The van der Waals surface area contributed by atoms with E-state index in [0.717, 1.165) is 43.7 Å². The first-order valence-electron chi connectivity index (χ1n) is 7.81. The third-order valence-electron chi connectivity index (χ3n) is 4.53. The Morgan fingerprint density at radius 2 is 2.05 bits per heavy atom. The van der Waals surface area contributed by atoms with Gasteiger partial charge in [0.25, 0.3) is 5.91 Å². The van der Waals surface area contributed by atoms with E-state index in [9.17, 15) is 4.79 Å². The van der Waals surface area contributed by atoms with E-state index in [2.05, 4.69) is 38.2 Å². The van der Waals surface area contributed by atoms with Crippen molar-refractivity contribution in [2.45, 2.75) is 33.6 Å². The van der Waals surface area contributed by atoms with Gasteiger partial charge >= 0.3 is 0 Å². The smallest absolute Gasteiger partial charge is 0.254 e. The van der Waals surface area contributed by atoms with E-state index in [1.165, 1.54) is 11.1 Å². The molecule has 1 aromatic carbocycles. The zero-order valence-electron chi connectivity index (χ0n) is 13.2. The Hall–Kier alpha value is -1.77. The van der Waals surface area contributed by atoms with Gasteiger partial charge in [-0.05, 0) is 36.0 Å². The number of benzene rings is 1. The quantitative estimate of drug-likeness (QED) is 0.801. The summed E-state index contributed by atoms with van der Waals surface area (Å²) in [5.74, 6) is 0.149. The molecule has 0 bridgehead atoms. The minimum absolute atomic E-state index is 0.149. The summed E-state index contributed by atoms with van der Waals surface area (Å²) in [6.07, 6.45) is 4.27. The number of carbonyl (C=O) groups excluding carboxylic acids is 1. The molecule has 112 valence electrons. The van der Waals surface area contributed by atoms with Gasteiger partial charge in [0.15, 0.2) is 0 Å². The summed E-state index contributed by atoms with van der Waals surface area (Å²) in [6, 6.07) is 6.06. The number of nitrogens with one attached hydrogen (secondary N) is 1. The minimum Gasteiger partial charge on any atom is -0.384 e. The molecule has 1 amide bonds. The van der Waals surface area contributed by atoms with Crippen LogP contribution in [0.4, 0.5) is 5.69 Å². The molecule has 0 spiro atoms. The molecule has 0 saturated carbocycles. The summed E-state index contributed by atoms with van der Waals surface area (Å²) in [5, 5.41) is 3.34. The standard InChI is InChI=1S/C18H24N2O/c1-18(2,3)15-7-10-20(11-8-15)17(21)14-5-4-13-6-9-19-16(13)12-14/h4-5,7,12,19H,6,8-11H2,1-3H3.